The van der Waals surface area contributed by atoms with E-state index in [-0.39, 0.29) is 5.54 Å². The number of aromatic nitrogens is 1. The molecule has 4 heteroatoms. The molecule has 0 aromatic carbocycles. The van der Waals surface area contributed by atoms with Crippen LogP contribution in [0.15, 0.2) is 6.20 Å². The summed E-state index contributed by atoms with van der Waals surface area (Å²) in [5.74, 6) is 0. The second-order valence-electron chi connectivity index (χ2n) is 4.69. The van der Waals surface area contributed by atoms with Crippen molar-refractivity contribution in [2.45, 2.75) is 58.5 Å². The van der Waals surface area contributed by atoms with Crippen molar-refractivity contribution in [1.29, 1.82) is 0 Å². The topological polar surface area (TPSA) is 50.9 Å². The first kappa shape index (κ1) is 14.6. The third kappa shape index (κ3) is 4.05. The van der Waals surface area contributed by atoms with Crippen molar-refractivity contribution in [1.82, 2.24) is 10.3 Å². The minimum Gasteiger partial charge on any atom is -0.324 e. The predicted octanol–water partition coefficient (Wildman–Crippen LogP) is 2.87. The zero-order chi connectivity index (χ0) is 12.9. The van der Waals surface area contributed by atoms with Crippen LogP contribution in [0.25, 0.3) is 0 Å². The van der Waals surface area contributed by atoms with E-state index in [9.17, 15) is 0 Å². The number of nitrogens with two attached hydrogens (primary N) is 1. The van der Waals surface area contributed by atoms with Gasteiger partial charge in [-0.25, -0.2) is 4.98 Å². The van der Waals surface area contributed by atoms with Crippen molar-refractivity contribution in [3.8, 4) is 0 Å². The van der Waals surface area contributed by atoms with E-state index in [0.29, 0.717) is 6.04 Å². The van der Waals surface area contributed by atoms with Crippen LogP contribution < -0.4 is 11.1 Å². The van der Waals surface area contributed by atoms with Crippen molar-refractivity contribution < 1.29 is 0 Å². The van der Waals surface area contributed by atoms with Crippen molar-refractivity contribution in [3.05, 3.63) is 16.1 Å². The van der Waals surface area contributed by atoms with Crippen molar-refractivity contribution >= 4 is 11.3 Å². The summed E-state index contributed by atoms with van der Waals surface area (Å²) in [5, 5.41) is 4.67. The van der Waals surface area contributed by atoms with Crippen LogP contribution in [-0.2, 0) is 6.42 Å². The standard InChI is InChI=1S/C13H25N3S/c1-5-11-8-15-12(17-11)10(4)16-9-13(14,6-2)7-3/h8,10,16H,5-7,9,14H2,1-4H3. The minimum atomic E-state index is -0.0842. The molecule has 0 amide bonds. The fourth-order valence-electron chi connectivity index (χ4n) is 1.63. The first-order chi connectivity index (χ1) is 8.04. The second-order valence-corrected chi connectivity index (χ2v) is 5.84. The van der Waals surface area contributed by atoms with E-state index in [4.69, 9.17) is 5.73 Å². The largest absolute Gasteiger partial charge is 0.324 e. The molecule has 0 saturated carbocycles. The van der Waals surface area contributed by atoms with Gasteiger partial charge in [0.15, 0.2) is 0 Å². The highest BCUT2D eigenvalue weighted by Gasteiger charge is 2.21. The van der Waals surface area contributed by atoms with Crippen molar-refractivity contribution in [3.63, 3.8) is 0 Å². The molecule has 98 valence electrons. The zero-order valence-corrected chi connectivity index (χ0v) is 12.2. The molecule has 1 unspecified atom stereocenters. The predicted molar refractivity (Wildman–Crippen MR) is 75.4 cm³/mol. The van der Waals surface area contributed by atoms with Gasteiger partial charge < -0.3 is 11.1 Å². The van der Waals surface area contributed by atoms with Gasteiger partial charge in [0.1, 0.15) is 5.01 Å². The first-order valence-corrected chi connectivity index (χ1v) is 7.33. The van der Waals surface area contributed by atoms with E-state index >= 15 is 0 Å². The van der Waals surface area contributed by atoms with Crippen LogP contribution >= 0.6 is 11.3 Å². The molecular formula is C13H25N3S. The minimum absolute atomic E-state index is 0.0842. The molecule has 17 heavy (non-hydrogen) atoms. The van der Waals surface area contributed by atoms with Gasteiger partial charge in [-0.05, 0) is 26.2 Å². The molecule has 0 fully saturated rings. The number of nitrogens with one attached hydrogen (secondary N) is 1. The second kappa shape index (κ2) is 6.47. The highest BCUT2D eigenvalue weighted by Crippen LogP contribution is 2.21. The van der Waals surface area contributed by atoms with Crippen molar-refractivity contribution in [2.75, 3.05) is 6.54 Å². The van der Waals surface area contributed by atoms with Gasteiger partial charge in [-0.2, -0.15) is 0 Å². The average molecular weight is 255 g/mol. The molecular weight excluding hydrogens is 230 g/mol. The van der Waals surface area contributed by atoms with E-state index in [1.54, 1.807) is 11.3 Å². The van der Waals surface area contributed by atoms with Gasteiger partial charge >= 0.3 is 0 Å². The van der Waals surface area contributed by atoms with Crippen LogP contribution in [0.3, 0.4) is 0 Å². The van der Waals surface area contributed by atoms with Gasteiger partial charge in [-0.1, -0.05) is 20.8 Å². The molecule has 1 rings (SSSR count). The Morgan fingerprint density at radius 1 is 1.41 bits per heavy atom. The number of hydrogen-bond acceptors (Lipinski definition) is 4. The fourth-order valence-corrected chi connectivity index (χ4v) is 2.51. The molecule has 0 spiro atoms. The number of rotatable bonds is 7. The quantitative estimate of drug-likeness (QED) is 0.787. The Labute approximate surface area is 109 Å². The lowest BCUT2D eigenvalue weighted by Crippen LogP contribution is -2.48. The van der Waals surface area contributed by atoms with Crippen LogP contribution in [0.4, 0.5) is 0 Å². The average Bonchev–Trinajstić information content (AvgIpc) is 2.84. The SMILES string of the molecule is CCc1cnc(C(C)NCC(N)(CC)CC)s1. The molecule has 0 bridgehead atoms. The monoisotopic (exact) mass is 255 g/mol. The molecule has 3 nitrogen and oxygen atoms in total. The summed E-state index contributed by atoms with van der Waals surface area (Å²) in [6.07, 6.45) is 5.05. The summed E-state index contributed by atoms with van der Waals surface area (Å²) < 4.78 is 0. The maximum atomic E-state index is 6.27. The van der Waals surface area contributed by atoms with E-state index < -0.39 is 0 Å². The maximum absolute atomic E-state index is 6.27. The summed E-state index contributed by atoms with van der Waals surface area (Å²) in [5.41, 5.74) is 6.19. The smallest absolute Gasteiger partial charge is 0.109 e. The molecule has 1 aromatic heterocycles. The number of nitrogens with zero attached hydrogens (tertiary/aromatic N) is 1. The van der Waals surface area contributed by atoms with Crippen LogP contribution in [0.2, 0.25) is 0 Å². The van der Waals surface area contributed by atoms with Crippen LogP contribution in [0, 0.1) is 0 Å². The van der Waals surface area contributed by atoms with E-state index in [0.717, 1.165) is 30.8 Å². The lowest BCUT2D eigenvalue weighted by Gasteiger charge is -2.28. The van der Waals surface area contributed by atoms with Crippen molar-refractivity contribution in [2.24, 2.45) is 5.73 Å². The third-order valence-corrected chi connectivity index (χ3v) is 4.78. The molecule has 0 saturated heterocycles. The zero-order valence-electron chi connectivity index (χ0n) is 11.4. The molecule has 0 aliphatic rings. The lowest BCUT2D eigenvalue weighted by molar-refractivity contribution is 0.353. The Bertz CT molecular complexity index is 331. The lowest BCUT2D eigenvalue weighted by atomic mass is 9.94. The third-order valence-electron chi connectivity index (χ3n) is 3.46. The number of hydrogen-bond donors (Lipinski definition) is 2. The fraction of sp³-hybridized carbons (Fsp3) is 0.769. The number of thiazole rings is 1. The molecule has 1 heterocycles. The van der Waals surface area contributed by atoms with E-state index in [2.05, 4.69) is 38.0 Å². The van der Waals surface area contributed by atoms with E-state index in [1.165, 1.54) is 4.88 Å². The van der Waals surface area contributed by atoms with Crippen LogP contribution in [-0.4, -0.2) is 17.1 Å². The summed E-state index contributed by atoms with van der Waals surface area (Å²) in [4.78, 5) is 5.80. The molecule has 0 aliphatic heterocycles. The molecule has 3 N–H and O–H groups in total. The summed E-state index contributed by atoms with van der Waals surface area (Å²) >= 11 is 1.79. The maximum Gasteiger partial charge on any atom is 0.109 e. The molecule has 1 atom stereocenters. The highest BCUT2D eigenvalue weighted by molar-refractivity contribution is 7.11. The molecule has 0 radical (unpaired) electrons. The highest BCUT2D eigenvalue weighted by atomic mass is 32.1. The normalized spacial score (nSPS) is 13.9. The van der Waals surface area contributed by atoms with Crippen LogP contribution in [0.5, 0.6) is 0 Å². The van der Waals surface area contributed by atoms with E-state index in [1.807, 2.05) is 6.20 Å². The van der Waals surface area contributed by atoms with Gasteiger partial charge in [0.05, 0.1) is 6.04 Å². The summed E-state index contributed by atoms with van der Waals surface area (Å²) in [6.45, 7) is 9.46. The number of aryl methyl sites for hydroxylation is 1. The Balaban J connectivity index is 2.51. The van der Waals surface area contributed by atoms with Gasteiger partial charge in [0.25, 0.3) is 0 Å². The Hall–Kier alpha value is -0.450. The van der Waals surface area contributed by atoms with Gasteiger partial charge in [0.2, 0.25) is 0 Å². The van der Waals surface area contributed by atoms with Gasteiger partial charge in [-0.3, -0.25) is 0 Å². The summed E-state index contributed by atoms with van der Waals surface area (Å²) in [6, 6.07) is 0.293. The van der Waals surface area contributed by atoms with Gasteiger partial charge in [0, 0.05) is 23.2 Å². The molecule has 1 aromatic rings. The Kier molecular flexibility index (Phi) is 5.56. The summed E-state index contributed by atoms with van der Waals surface area (Å²) in [7, 11) is 0. The Morgan fingerprint density at radius 2 is 2.06 bits per heavy atom. The molecule has 0 aliphatic carbocycles. The first-order valence-electron chi connectivity index (χ1n) is 6.51. The van der Waals surface area contributed by atoms with Gasteiger partial charge in [-0.15, -0.1) is 11.3 Å². The van der Waals surface area contributed by atoms with Crippen LogP contribution in [0.1, 0.15) is 56.5 Å². The Morgan fingerprint density at radius 3 is 2.53 bits per heavy atom.